The Morgan fingerprint density at radius 2 is 2.26 bits per heavy atom. The number of rotatable bonds is 6. The number of benzene rings is 1. The molecule has 0 fully saturated rings. The fraction of sp³-hybridized carbons (Fsp3) is 0.417. The lowest BCUT2D eigenvalue weighted by atomic mass is 10.2. The molecule has 0 aliphatic rings. The summed E-state index contributed by atoms with van der Waals surface area (Å²) in [6.07, 6.45) is 0. The van der Waals surface area contributed by atoms with E-state index < -0.39 is 16.4 Å². The van der Waals surface area contributed by atoms with Gasteiger partial charge in [-0.15, -0.1) is 0 Å². The minimum Gasteiger partial charge on any atom is -0.462 e. The average Bonchev–Trinajstić information content (AvgIpc) is 2.37. The van der Waals surface area contributed by atoms with E-state index in [9.17, 15) is 14.9 Å². The number of hydrogen-bond donors (Lipinski definition) is 0. The normalized spacial score (nSPS) is 11.7. The molecule has 0 aliphatic heterocycles. The van der Waals surface area contributed by atoms with E-state index in [0.29, 0.717) is 12.2 Å². The summed E-state index contributed by atoms with van der Waals surface area (Å²) in [5.41, 5.74) is 0.0343. The highest BCUT2D eigenvalue weighted by atomic mass is 35.5. The van der Waals surface area contributed by atoms with Crippen molar-refractivity contribution in [2.75, 3.05) is 18.1 Å². The summed E-state index contributed by atoms with van der Waals surface area (Å²) in [7, 11) is 0. The van der Waals surface area contributed by atoms with Crippen molar-refractivity contribution in [1.82, 2.24) is 0 Å². The Bertz CT molecular complexity index is 467. The van der Waals surface area contributed by atoms with Crippen LogP contribution in [0.3, 0.4) is 0 Å². The smallest absolute Gasteiger partial charge is 0.302 e. The predicted molar refractivity (Wildman–Crippen MR) is 72.4 cm³/mol. The van der Waals surface area contributed by atoms with Crippen molar-refractivity contribution in [3.8, 4) is 0 Å². The van der Waals surface area contributed by atoms with Gasteiger partial charge in [0.05, 0.1) is 4.92 Å². The molecule has 1 rings (SSSR count). The van der Waals surface area contributed by atoms with E-state index in [1.165, 1.54) is 19.1 Å². The van der Waals surface area contributed by atoms with Crippen LogP contribution < -0.4 is 4.90 Å². The molecule has 0 spiro atoms. The van der Waals surface area contributed by atoms with Gasteiger partial charge in [0, 0.05) is 31.3 Å². The van der Waals surface area contributed by atoms with Crippen LogP contribution in [0, 0.1) is 10.1 Å². The van der Waals surface area contributed by atoms with E-state index in [4.69, 9.17) is 16.3 Å². The number of nitrogens with zero attached hydrogens (tertiary/aromatic N) is 2. The second-order valence-corrected chi connectivity index (χ2v) is 4.30. The number of alkyl halides is 1. The molecule has 0 bridgehead atoms. The first-order chi connectivity index (χ1) is 8.95. The van der Waals surface area contributed by atoms with E-state index in [-0.39, 0.29) is 12.3 Å². The minimum absolute atomic E-state index is 0.00713. The van der Waals surface area contributed by atoms with Gasteiger partial charge in [0.2, 0.25) is 0 Å². The van der Waals surface area contributed by atoms with Gasteiger partial charge in [-0.1, -0.05) is 17.7 Å². The molecule has 0 radical (unpaired) electrons. The van der Waals surface area contributed by atoms with Crippen LogP contribution >= 0.6 is 11.6 Å². The molecule has 1 aromatic carbocycles. The second kappa shape index (κ2) is 6.94. The van der Waals surface area contributed by atoms with E-state index in [2.05, 4.69) is 0 Å². The van der Waals surface area contributed by atoms with Crippen molar-refractivity contribution >= 4 is 28.9 Å². The third-order valence-electron chi connectivity index (χ3n) is 2.48. The molecule has 0 aliphatic carbocycles. The number of anilines is 1. The number of nitro groups is 1. The molecular formula is C12H15ClN2O4. The first-order valence-corrected chi connectivity index (χ1v) is 6.18. The number of non-ortho nitro benzene ring substituents is 1. The van der Waals surface area contributed by atoms with Gasteiger partial charge < -0.3 is 9.64 Å². The number of likely N-dealkylation sites (N-methyl/N-ethyl adjacent to an activating group) is 1. The number of esters is 1. The lowest BCUT2D eigenvalue weighted by Crippen LogP contribution is -2.35. The van der Waals surface area contributed by atoms with Gasteiger partial charge >= 0.3 is 5.97 Å². The van der Waals surface area contributed by atoms with Crippen molar-refractivity contribution < 1.29 is 14.5 Å². The van der Waals surface area contributed by atoms with E-state index in [1.54, 1.807) is 17.0 Å². The number of carbonyl (C=O) groups is 1. The second-order valence-electron chi connectivity index (χ2n) is 3.80. The highest BCUT2D eigenvalue weighted by Crippen LogP contribution is 2.24. The maximum atomic E-state index is 10.8. The number of ether oxygens (including phenoxy) is 1. The van der Waals surface area contributed by atoms with Crippen molar-refractivity contribution in [3.05, 3.63) is 34.4 Å². The van der Waals surface area contributed by atoms with Crippen molar-refractivity contribution in [2.45, 2.75) is 19.3 Å². The van der Waals surface area contributed by atoms with Crippen LogP contribution in [-0.4, -0.2) is 29.5 Å². The molecular weight excluding hydrogens is 272 g/mol. The molecule has 6 nitrogen and oxygen atoms in total. The van der Waals surface area contributed by atoms with Gasteiger partial charge in [-0.25, -0.2) is 0 Å². The first-order valence-electron chi connectivity index (χ1n) is 5.74. The van der Waals surface area contributed by atoms with Crippen LogP contribution in [0.25, 0.3) is 0 Å². The summed E-state index contributed by atoms with van der Waals surface area (Å²) < 4.78 is 4.84. The van der Waals surface area contributed by atoms with Crippen LogP contribution in [0.5, 0.6) is 0 Å². The lowest BCUT2D eigenvalue weighted by molar-refractivity contribution is -0.384. The van der Waals surface area contributed by atoms with Crippen LogP contribution in [0.15, 0.2) is 24.3 Å². The number of nitro benzene ring substituents is 1. The van der Waals surface area contributed by atoms with Crippen LogP contribution in [0.4, 0.5) is 11.4 Å². The van der Waals surface area contributed by atoms with Crippen molar-refractivity contribution in [2.24, 2.45) is 0 Å². The molecule has 104 valence electrons. The molecule has 0 saturated heterocycles. The van der Waals surface area contributed by atoms with Crippen molar-refractivity contribution in [1.29, 1.82) is 0 Å². The largest absolute Gasteiger partial charge is 0.462 e. The Hall–Kier alpha value is -1.82. The van der Waals surface area contributed by atoms with Crippen LogP contribution in [0.1, 0.15) is 13.8 Å². The molecule has 19 heavy (non-hydrogen) atoms. The Morgan fingerprint density at radius 1 is 1.58 bits per heavy atom. The fourth-order valence-electron chi connectivity index (χ4n) is 1.60. The highest BCUT2D eigenvalue weighted by molar-refractivity contribution is 6.22. The summed E-state index contributed by atoms with van der Waals surface area (Å²) >= 11 is 6.14. The van der Waals surface area contributed by atoms with E-state index >= 15 is 0 Å². The third-order valence-corrected chi connectivity index (χ3v) is 2.84. The van der Waals surface area contributed by atoms with Gasteiger partial charge in [-0.05, 0) is 13.0 Å². The highest BCUT2D eigenvalue weighted by Gasteiger charge is 2.18. The summed E-state index contributed by atoms with van der Waals surface area (Å²) in [6.45, 7) is 3.72. The van der Waals surface area contributed by atoms with Crippen LogP contribution in [0.2, 0.25) is 0 Å². The summed E-state index contributed by atoms with van der Waals surface area (Å²) in [5.74, 6) is -0.416. The molecule has 7 heteroatoms. The summed E-state index contributed by atoms with van der Waals surface area (Å²) in [4.78, 5) is 22.7. The molecule has 0 N–H and O–H groups in total. The maximum Gasteiger partial charge on any atom is 0.302 e. The van der Waals surface area contributed by atoms with Gasteiger partial charge in [0.15, 0.2) is 0 Å². The lowest BCUT2D eigenvalue weighted by Gasteiger charge is -2.27. The van der Waals surface area contributed by atoms with E-state index in [0.717, 1.165) is 0 Å². The molecule has 1 atom stereocenters. The molecule has 0 amide bonds. The summed E-state index contributed by atoms with van der Waals surface area (Å²) in [5, 5.41) is 10.7. The SMILES string of the molecule is CCN(c1cccc([N+](=O)[O-])c1)C(Cl)COC(C)=O. The summed E-state index contributed by atoms with van der Waals surface area (Å²) in [6, 6.07) is 6.16. The zero-order chi connectivity index (χ0) is 14.4. The standard InChI is InChI=1S/C12H15ClN2O4/c1-3-14(12(13)8-19-9(2)16)10-5-4-6-11(7-10)15(17)18/h4-7,12H,3,8H2,1-2H3. The molecule has 0 heterocycles. The van der Waals surface area contributed by atoms with Crippen LogP contribution in [-0.2, 0) is 9.53 Å². The fourth-order valence-corrected chi connectivity index (χ4v) is 1.92. The third kappa shape index (κ3) is 4.40. The van der Waals surface area contributed by atoms with Gasteiger partial charge in [0.25, 0.3) is 5.69 Å². The Morgan fingerprint density at radius 3 is 2.79 bits per heavy atom. The van der Waals surface area contributed by atoms with Gasteiger partial charge in [0.1, 0.15) is 12.1 Å². The minimum atomic E-state index is -0.573. The number of carbonyl (C=O) groups excluding carboxylic acids is 1. The van der Waals surface area contributed by atoms with Crippen molar-refractivity contribution in [3.63, 3.8) is 0 Å². The Labute approximate surface area is 116 Å². The zero-order valence-electron chi connectivity index (χ0n) is 10.7. The van der Waals surface area contributed by atoms with Gasteiger partial charge in [-0.3, -0.25) is 14.9 Å². The molecule has 0 saturated carbocycles. The maximum absolute atomic E-state index is 10.8. The Balaban J connectivity index is 2.86. The number of halogens is 1. The average molecular weight is 287 g/mol. The molecule has 0 aromatic heterocycles. The van der Waals surface area contributed by atoms with Gasteiger partial charge in [-0.2, -0.15) is 0 Å². The Kier molecular flexibility index (Phi) is 5.57. The van der Waals surface area contributed by atoms with E-state index in [1.807, 2.05) is 6.92 Å². The quantitative estimate of drug-likeness (QED) is 0.264. The first kappa shape index (κ1) is 15.2. The monoisotopic (exact) mass is 286 g/mol. The number of hydrogen-bond acceptors (Lipinski definition) is 5. The molecule has 1 unspecified atom stereocenters. The predicted octanol–water partition coefficient (Wildman–Crippen LogP) is 2.55. The zero-order valence-corrected chi connectivity index (χ0v) is 11.5. The topological polar surface area (TPSA) is 72.7 Å². The molecule has 1 aromatic rings.